The predicted octanol–water partition coefficient (Wildman–Crippen LogP) is 1.14. The number of aromatic nitrogens is 1. The molecule has 1 aromatic carbocycles. The van der Waals surface area contributed by atoms with Crippen LogP contribution >= 0.6 is 0 Å². The summed E-state index contributed by atoms with van der Waals surface area (Å²) < 4.78 is 0. The molecule has 1 aromatic heterocycles. The molecule has 2 aliphatic heterocycles. The number of amides is 2. The van der Waals surface area contributed by atoms with Gasteiger partial charge < -0.3 is 25.7 Å². The number of β-amino-alcohol motifs (C(OH)–C–C–N with tert-alkyl or cyclic N) is 2. The maximum atomic E-state index is 12.6. The molecule has 2 aromatic rings. The SMILES string of the molecule is CC(=O)N1CCC(Nc2cc(C(=O)NCC(O)CN3Cc4ccccc4C(O)C3)ccn2)CC1. The Bertz CT molecular complexity index is 1010. The number of pyridine rings is 1. The van der Waals surface area contributed by atoms with E-state index in [1.54, 1.807) is 25.3 Å². The van der Waals surface area contributed by atoms with Crippen molar-refractivity contribution in [2.75, 3.05) is 38.0 Å². The van der Waals surface area contributed by atoms with Gasteiger partial charge in [-0.15, -0.1) is 0 Å². The highest BCUT2D eigenvalue weighted by Crippen LogP contribution is 2.26. The van der Waals surface area contributed by atoms with Crippen molar-refractivity contribution >= 4 is 17.6 Å². The molecule has 34 heavy (non-hydrogen) atoms. The molecule has 4 N–H and O–H groups in total. The number of piperidine rings is 1. The van der Waals surface area contributed by atoms with E-state index in [1.807, 2.05) is 34.1 Å². The number of benzene rings is 1. The van der Waals surface area contributed by atoms with E-state index in [0.717, 1.165) is 24.0 Å². The summed E-state index contributed by atoms with van der Waals surface area (Å²) in [6.07, 6.45) is 1.92. The molecule has 0 bridgehead atoms. The monoisotopic (exact) mass is 467 g/mol. The van der Waals surface area contributed by atoms with E-state index in [-0.39, 0.29) is 24.4 Å². The number of carbonyl (C=O) groups is 2. The van der Waals surface area contributed by atoms with Gasteiger partial charge in [-0.05, 0) is 36.1 Å². The molecule has 0 aliphatic carbocycles. The lowest BCUT2D eigenvalue weighted by molar-refractivity contribution is -0.129. The number of anilines is 1. The topological polar surface area (TPSA) is 118 Å². The summed E-state index contributed by atoms with van der Waals surface area (Å²) in [6.45, 7) is 4.59. The molecule has 4 rings (SSSR count). The van der Waals surface area contributed by atoms with E-state index in [1.165, 1.54) is 0 Å². The third kappa shape index (κ3) is 6.11. The summed E-state index contributed by atoms with van der Waals surface area (Å²) in [5.74, 6) is 0.439. The minimum Gasteiger partial charge on any atom is -0.390 e. The molecular formula is C25H33N5O4. The highest BCUT2D eigenvalue weighted by atomic mass is 16.3. The Balaban J connectivity index is 1.24. The zero-order valence-electron chi connectivity index (χ0n) is 19.5. The molecule has 0 spiro atoms. The van der Waals surface area contributed by atoms with E-state index in [9.17, 15) is 19.8 Å². The number of fused-ring (bicyclic) bond motifs is 1. The lowest BCUT2D eigenvalue weighted by atomic mass is 9.97. The number of nitrogens with one attached hydrogen (secondary N) is 2. The normalized spacial score (nSPS) is 19.9. The van der Waals surface area contributed by atoms with Crippen LogP contribution in [-0.2, 0) is 11.3 Å². The second-order valence-corrected chi connectivity index (χ2v) is 9.13. The summed E-state index contributed by atoms with van der Waals surface area (Å²) >= 11 is 0. The number of likely N-dealkylation sites (tertiary alicyclic amines) is 1. The van der Waals surface area contributed by atoms with Crippen molar-refractivity contribution in [3.05, 3.63) is 59.3 Å². The molecular weight excluding hydrogens is 434 g/mol. The summed E-state index contributed by atoms with van der Waals surface area (Å²) in [4.78, 5) is 32.3. The first-order chi connectivity index (χ1) is 16.4. The highest BCUT2D eigenvalue weighted by Gasteiger charge is 2.25. The average molecular weight is 468 g/mol. The van der Waals surface area contributed by atoms with Crippen molar-refractivity contribution in [2.24, 2.45) is 0 Å². The second kappa shape index (κ2) is 10.9. The van der Waals surface area contributed by atoms with Crippen LogP contribution in [0.1, 0.15) is 47.4 Å². The molecule has 3 heterocycles. The van der Waals surface area contributed by atoms with Crippen LogP contribution in [-0.4, -0.2) is 81.7 Å². The van der Waals surface area contributed by atoms with Crippen LogP contribution in [0.25, 0.3) is 0 Å². The zero-order chi connectivity index (χ0) is 24.1. The first-order valence-corrected chi connectivity index (χ1v) is 11.8. The number of aliphatic hydroxyl groups excluding tert-OH is 2. The largest absolute Gasteiger partial charge is 0.390 e. The fourth-order valence-corrected chi connectivity index (χ4v) is 4.66. The van der Waals surface area contributed by atoms with Crippen LogP contribution in [0.15, 0.2) is 42.6 Å². The number of rotatable bonds is 7. The van der Waals surface area contributed by atoms with Gasteiger partial charge in [-0.1, -0.05) is 24.3 Å². The summed E-state index contributed by atoms with van der Waals surface area (Å²) in [7, 11) is 0. The molecule has 2 aliphatic rings. The van der Waals surface area contributed by atoms with Crippen LogP contribution in [0.5, 0.6) is 0 Å². The maximum absolute atomic E-state index is 12.6. The zero-order valence-corrected chi connectivity index (χ0v) is 19.5. The molecule has 1 fully saturated rings. The Kier molecular flexibility index (Phi) is 7.77. The van der Waals surface area contributed by atoms with E-state index >= 15 is 0 Å². The minimum absolute atomic E-state index is 0.0960. The molecule has 0 radical (unpaired) electrons. The summed E-state index contributed by atoms with van der Waals surface area (Å²) in [5.41, 5.74) is 2.46. The predicted molar refractivity (Wildman–Crippen MR) is 128 cm³/mol. The first-order valence-electron chi connectivity index (χ1n) is 11.8. The Morgan fingerprint density at radius 3 is 2.74 bits per heavy atom. The lowest BCUT2D eigenvalue weighted by Crippen LogP contribution is -2.43. The molecule has 2 amide bonds. The summed E-state index contributed by atoms with van der Waals surface area (Å²) in [5, 5.41) is 27.0. The first kappa shape index (κ1) is 24.1. The van der Waals surface area contributed by atoms with Gasteiger partial charge in [0.1, 0.15) is 5.82 Å². The quantitative estimate of drug-likeness (QED) is 0.482. The Morgan fingerprint density at radius 2 is 1.97 bits per heavy atom. The van der Waals surface area contributed by atoms with Crippen molar-refractivity contribution in [3.63, 3.8) is 0 Å². The van der Waals surface area contributed by atoms with Gasteiger partial charge in [0.05, 0.1) is 12.2 Å². The molecule has 2 atom stereocenters. The standard InChI is InChI=1S/C25H33N5O4/c1-17(31)30-10-7-20(8-11-30)28-24-12-18(6-9-26-24)25(34)27-13-21(32)15-29-14-19-4-2-3-5-22(19)23(33)16-29/h2-6,9,12,20-21,23,32-33H,7-8,10-11,13-16H2,1H3,(H,26,28)(H,27,34). The molecule has 9 heteroatoms. The van der Waals surface area contributed by atoms with Crippen LogP contribution in [0, 0.1) is 0 Å². The van der Waals surface area contributed by atoms with Crippen LogP contribution < -0.4 is 10.6 Å². The van der Waals surface area contributed by atoms with E-state index in [0.29, 0.717) is 44.1 Å². The van der Waals surface area contributed by atoms with Crippen LogP contribution in [0.2, 0.25) is 0 Å². The third-order valence-corrected chi connectivity index (χ3v) is 6.52. The van der Waals surface area contributed by atoms with E-state index in [2.05, 4.69) is 15.6 Å². The van der Waals surface area contributed by atoms with Gasteiger partial charge in [0.2, 0.25) is 5.91 Å². The van der Waals surface area contributed by atoms with E-state index < -0.39 is 12.2 Å². The molecule has 1 saturated heterocycles. The number of aliphatic hydroxyl groups is 2. The Hall–Kier alpha value is -3.01. The number of hydrogen-bond donors (Lipinski definition) is 4. The molecule has 2 unspecified atom stereocenters. The van der Waals surface area contributed by atoms with Gasteiger partial charge in [0.25, 0.3) is 5.91 Å². The molecule has 0 saturated carbocycles. The fourth-order valence-electron chi connectivity index (χ4n) is 4.66. The van der Waals surface area contributed by atoms with Crippen LogP contribution in [0.3, 0.4) is 0 Å². The van der Waals surface area contributed by atoms with Crippen molar-refractivity contribution in [3.8, 4) is 0 Å². The summed E-state index contributed by atoms with van der Waals surface area (Å²) in [6, 6.07) is 11.3. The van der Waals surface area contributed by atoms with Crippen molar-refractivity contribution in [1.29, 1.82) is 0 Å². The van der Waals surface area contributed by atoms with Gasteiger partial charge in [-0.25, -0.2) is 4.98 Å². The van der Waals surface area contributed by atoms with Gasteiger partial charge in [-0.2, -0.15) is 0 Å². The average Bonchev–Trinajstić information content (AvgIpc) is 2.83. The minimum atomic E-state index is -0.757. The van der Waals surface area contributed by atoms with Gasteiger partial charge in [0.15, 0.2) is 0 Å². The van der Waals surface area contributed by atoms with Gasteiger partial charge >= 0.3 is 0 Å². The molecule has 9 nitrogen and oxygen atoms in total. The van der Waals surface area contributed by atoms with Gasteiger partial charge in [0, 0.05) is 64.0 Å². The number of nitrogens with zero attached hydrogens (tertiary/aromatic N) is 3. The second-order valence-electron chi connectivity index (χ2n) is 9.13. The van der Waals surface area contributed by atoms with Crippen LogP contribution in [0.4, 0.5) is 5.82 Å². The Morgan fingerprint density at radius 1 is 1.21 bits per heavy atom. The number of carbonyl (C=O) groups excluding carboxylic acids is 2. The Labute approximate surface area is 199 Å². The van der Waals surface area contributed by atoms with Gasteiger partial charge in [-0.3, -0.25) is 14.5 Å². The lowest BCUT2D eigenvalue weighted by Gasteiger charge is -2.33. The third-order valence-electron chi connectivity index (χ3n) is 6.52. The highest BCUT2D eigenvalue weighted by molar-refractivity contribution is 5.94. The van der Waals surface area contributed by atoms with Crippen molar-refractivity contribution in [2.45, 2.75) is 44.6 Å². The smallest absolute Gasteiger partial charge is 0.251 e. The maximum Gasteiger partial charge on any atom is 0.251 e. The van der Waals surface area contributed by atoms with Crippen molar-refractivity contribution < 1.29 is 19.8 Å². The van der Waals surface area contributed by atoms with Crippen molar-refractivity contribution in [1.82, 2.24) is 20.1 Å². The van der Waals surface area contributed by atoms with E-state index in [4.69, 9.17) is 0 Å². The fraction of sp³-hybridized carbons (Fsp3) is 0.480. The molecule has 182 valence electrons. The number of hydrogen-bond acceptors (Lipinski definition) is 7.